The molecule has 2 aliphatic rings. The SMILES string of the molecule is CC(C)N1CCN(C=C2C(=O)N(CCc3ccccc3)SN(CCc3ccccc3)C2=O)CC1. The van der Waals surface area contributed by atoms with Crippen LogP contribution in [0, 0.1) is 0 Å². The number of hydrogen-bond donors (Lipinski definition) is 0. The van der Waals surface area contributed by atoms with Crippen molar-refractivity contribution in [1.29, 1.82) is 0 Å². The Bertz CT molecular complexity index is 925. The Kier molecular flexibility index (Phi) is 8.29. The van der Waals surface area contributed by atoms with Gasteiger partial charge in [-0.15, -0.1) is 0 Å². The molecule has 0 N–H and O–H groups in total. The van der Waals surface area contributed by atoms with Gasteiger partial charge >= 0.3 is 0 Å². The number of nitrogens with zero attached hydrogens (tertiary/aromatic N) is 4. The van der Waals surface area contributed by atoms with Gasteiger partial charge in [-0.25, -0.2) is 0 Å². The summed E-state index contributed by atoms with van der Waals surface area (Å²) in [6, 6.07) is 20.8. The molecule has 0 radical (unpaired) electrons. The van der Waals surface area contributed by atoms with Gasteiger partial charge in [-0.1, -0.05) is 60.7 Å². The van der Waals surface area contributed by atoms with Gasteiger partial charge in [-0.2, -0.15) is 0 Å². The third-order valence-corrected chi connectivity index (χ3v) is 7.49. The van der Waals surface area contributed by atoms with Crippen molar-refractivity contribution in [3.05, 3.63) is 83.6 Å². The summed E-state index contributed by atoms with van der Waals surface area (Å²) in [5.41, 5.74) is 2.64. The summed E-state index contributed by atoms with van der Waals surface area (Å²) in [5, 5.41) is 0. The summed E-state index contributed by atoms with van der Waals surface area (Å²) in [7, 11) is 0. The fourth-order valence-corrected chi connectivity index (χ4v) is 5.19. The Morgan fingerprint density at radius 3 is 1.68 bits per heavy atom. The molecule has 2 aromatic rings. The molecular weight excluding hydrogens is 444 g/mol. The first-order chi connectivity index (χ1) is 16.5. The molecule has 2 aromatic carbocycles. The summed E-state index contributed by atoms with van der Waals surface area (Å²) in [6.45, 7) is 9.04. The first kappa shape index (κ1) is 24.4. The van der Waals surface area contributed by atoms with E-state index in [-0.39, 0.29) is 17.4 Å². The summed E-state index contributed by atoms with van der Waals surface area (Å²) in [6.07, 6.45) is 3.31. The largest absolute Gasteiger partial charge is 0.374 e. The number of benzene rings is 2. The molecular formula is C27H34N4O2S. The maximum Gasteiger partial charge on any atom is 0.272 e. The van der Waals surface area contributed by atoms with E-state index in [1.807, 2.05) is 42.6 Å². The van der Waals surface area contributed by atoms with Crippen molar-refractivity contribution < 1.29 is 9.59 Å². The highest BCUT2D eigenvalue weighted by molar-refractivity contribution is 7.96. The van der Waals surface area contributed by atoms with E-state index in [1.165, 1.54) is 23.3 Å². The Morgan fingerprint density at radius 2 is 1.24 bits per heavy atom. The molecule has 0 bridgehead atoms. The van der Waals surface area contributed by atoms with Crippen LogP contribution in [-0.4, -0.2) is 75.5 Å². The minimum absolute atomic E-state index is 0.187. The van der Waals surface area contributed by atoms with Gasteiger partial charge in [-0.05, 0) is 37.8 Å². The standard InChI is InChI=1S/C27H34N4O2S/c1-22(2)29-19-17-28(18-20-29)21-25-26(32)30(15-13-23-9-5-3-6-10-23)34-31(27(25)33)16-14-24-11-7-4-8-12-24/h3-12,21-22H,13-20H2,1-2H3. The Morgan fingerprint density at radius 1 is 0.765 bits per heavy atom. The second-order valence-corrected chi connectivity index (χ2v) is 10.1. The second-order valence-electron chi connectivity index (χ2n) is 9.08. The molecule has 0 aromatic heterocycles. The molecule has 0 unspecified atom stereocenters. The van der Waals surface area contributed by atoms with E-state index < -0.39 is 0 Å². The fourth-order valence-electron chi connectivity index (χ4n) is 4.26. The molecule has 0 saturated carbocycles. The summed E-state index contributed by atoms with van der Waals surface area (Å²) in [4.78, 5) is 31.3. The van der Waals surface area contributed by atoms with E-state index in [4.69, 9.17) is 0 Å². The van der Waals surface area contributed by atoms with Crippen LogP contribution >= 0.6 is 12.1 Å². The zero-order valence-electron chi connectivity index (χ0n) is 20.1. The highest BCUT2D eigenvalue weighted by Crippen LogP contribution is 2.29. The molecule has 0 aliphatic carbocycles. The van der Waals surface area contributed by atoms with Gasteiger partial charge in [0, 0.05) is 51.5 Å². The van der Waals surface area contributed by atoms with Crippen LogP contribution in [0.15, 0.2) is 72.4 Å². The molecule has 180 valence electrons. The lowest BCUT2D eigenvalue weighted by molar-refractivity contribution is -0.131. The van der Waals surface area contributed by atoms with Crippen LogP contribution in [0.2, 0.25) is 0 Å². The van der Waals surface area contributed by atoms with E-state index in [0.29, 0.717) is 19.1 Å². The van der Waals surface area contributed by atoms with Crippen LogP contribution in [0.5, 0.6) is 0 Å². The predicted octanol–water partition coefficient (Wildman–Crippen LogP) is 3.62. The Hall–Kier alpha value is -2.77. The molecule has 2 heterocycles. The van der Waals surface area contributed by atoms with E-state index >= 15 is 0 Å². The lowest BCUT2D eigenvalue weighted by atomic mass is 10.1. The van der Waals surface area contributed by atoms with Crippen LogP contribution in [0.1, 0.15) is 25.0 Å². The highest BCUT2D eigenvalue weighted by Gasteiger charge is 2.37. The number of rotatable bonds is 8. The predicted molar refractivity (Wildman–Crippen MR) is 138 cm³/mol. The molecule has 34 heavy (non-hydrogen) atoms. The number of carbonyl (C=O) groups is 2. The van der Waals surface area contributed by atoms with Gasteiger partial charge in [0.2, 0.25) is 0 Å². The van der Waals surface area contributed by atoms with Crippen molar-refractivity contribution in [3.63, 3.8) is 0 Å². The van der Waals surface area contributed by atoms with Crippen molar-refractivity contribution in [1.82, 2.24) is 18.4 Å². The molecule has 6 nitrogen and oxygen atoms in total. The third-order valence-electron chi connectivity index (χ3n) is 6.39. The van der Waals surface area contributed by atoms with Gasteiger partial charge in [-0.3, -0.25) is 23.1 Å². The first-order valence-corrected chi connectivity index (χ1v) is 12.8. The average Bonchev–Trinajstić information content (AvgIpc) is 2.87. The minimum Gasteiger partial charge on any atom is -0.374 e. The maximum atomic E-state index is 13.4. The van der Waals surface area contributed by atoms with Crippen molar-refractivity contribution >= 4 is 23.9 Å². The Labute approximate surface area is 207 Å². The highest BCUT2D eigenvalue weighted by atomic mass is 32.2. The monoisotopic (exact) mass is 478 g/mol. The van der Waals surface area contributed by atoms with Crippen molar-refractivity contribution in [2.45, 2.75) is 32.7 Å². The van der Waals surface area contributed by atoms with Gasteiger partial charge in [0.05, 0.1) is 12.1 Å². The van der Waals surface area contributed by atoms with Crippen LogP contribution in [-0.2, 0) is 22.4 Å². The van der Waals surface area contributed by atoms with Crippen LogP contribution in [0.25, 0.3) is 0 Å². The molecule has 4 rings (SSSR count). The molecule has 2 amide bonds. The Balaban J connectivity index is 1.49. The number of piperazine rings is 1. The van der Waals surface area contributed by atoms with Crippen molar-refractivity contribution in [3.8, 4) is 0 Å². The number of hydrogen-bond acceptors (Lipinski definition) is 5. The van der Waals surface area contributed by atoms with Crippen molar-refractivity contribution in [2.75, 3.05) is 39.3 Å². The van der Waals surface area contributed by atoms with Gasteiger partial charge in [0.25, 0.3) is 11.8 Å². The fraction of sp³-hybridized carbons (Fsp3) is 0.407. The maximum absolute atomic E-state index is 13.4. The number of amides is 2. The van der Waals surface area contributed by atoms with E-state index in [2.05, 4.69) is 47.9 Å². The van der Waals surface area contributed by atoms with E-state index in [9.17, 15) is 9.59 Å². The quantitative estimate of drug-likeness (QED) is 0.330. The van der Waals surface area contributed by atoms with Crippen LogP contribution in [0.3, 0.4) is 0 Å². The summed E-state index contributed by atoms with van der Waals surface area (Å²) < 4.78 is 3.49. The zero-order chi connectivity index (χ0) is 23.9. The van der Waals surface area contributed by atoms with Gasteiger partial charge < -0.3 is 4.90 Å². The van der Waals surface area contributed by atoms with Crippen molar-refractivity contribution in [2.24, 2.45) is 0 Å². The third kappa shape index (κ3) is 6.21. The summed E-state index contributed by atoms with van der Waals surface area (Å²) in [5.74, 6) is -0.374. The molecule has 2 fully saturated rings. The minimum atomic E-state index is -0.187. The molecule has 2 aliphatic heterocycles. The molecule has 2 saturated heterocycles. The average molecular weight is 479 g/mol. The lowest BCUT2D eigenvalue weighted by Gasteiger charge is -2.38. The second kappa shape index (κ2) is 11.6. The normalized spacial score (nSPS) is 17.6. The van der Waals surface area contributed by atoms with Gasteiger partial charge in [0.1, 0.15) is 5.57 Å². The zero-order valence-corrected chi connectivity index (χ0v) is 20.9. The molecule has 0 atom stereocenters. The smallest absolute Gasteiger partial charge is 0.272 e. The summed E-state index contributed by atoms with van der Waals surface area (Å²) >= 11 is 1.26. The van der Waals surface area contributed by atoms with E-state index in [1.54, 1.807) is 8.61 Å². The van der Waals surface area contributed by atoms with Crippen LogP contribution < -0.4 is 0 Å². The van der Waals surface area contributed by atoms with Crippen LogP contribution in [0.4, 0.5) is 0 Å². The van der Waals surface area contributed by atoms with E-state index in [0.717, 1.165) is 39.0 Å². The number of carbonyl (C=O) groups excluding carboxylic acids is 2. The molecule has 0 spiro atoms. The topological polar surface area (TPSA) is 47.1 Å². The lowest BCUT2D eigenvalue weighted by Crippen LogP contribution is -2.49. The first-order valence-electron chi connectivity index (χ1n) is 12.1. The van der Waals surface area contributed by atoms with Gasteiger partial charge in [0.15, 0.2) is 0 Å². The molecule has 7 heteroatoms.